The summed E-state index contributed by atoms with van der Waals surface area (Å²) in [5, 5.41) is 0.810. The van der Waals surface area contributed by atoms with Gasteiger partial charge in [-0.25, -0.2) is 4.79 Å². The quantitative estimate of drug-likeness (QED) is 0.679. The van der Waals surface area contributed by atoms with E-state index in [1.165, 1.54) is 0 Å². The highest BCUT2D eigenvalue weighted by Gasteiger charge is 2.22. The number of amides is 2. The molecule has 0 atom stereocenters. The Morgan fingerprint density at radius 2 is 2.10 bits per heavy atom. The van der Waals surface area contributed by atoms with Crippen LogP contribution in [0.25, 0.3) is 0 Å². The van der Waals surface area contributed by atoms with Gasteiger partial charge in [0.25, 0.3) is 0 Å². The van der Waals surface area contributed by atoms with E-state index in [-0.39, 0.29) is 6.03 Å². The summed E-state index contributed by atoms with van der Waals surface area (Å²) in [4.78, 5) is 18.9. The van der Waals surface area contributed by atoms with Crippen LogP contribution in [0.3, 0.4) is 0 Å². The minimum atomic E-state index is -0.264. The molecule has 0 saturated carbocycles. The molecule has 2 rings (SSSR count). The molecule has 0 radical (unpaired) electrons. The number of carbonyl (C=O) groups is 1. The van der Waals surface area contributed by atoms with E-state index in [0.717, 1.165) is 19.3 Å². The first-order chi connectivity index (χ1) is 10.1. The Morgan fingerprint density at radius 1 is 1.38 bits per heavy atom. The van der Waals surface area contributed by atoms with Crippen LogP contribution in [0.1, 0.15) is 19.3 Å². The van der Waals surface area contributed by atoms with Gasteiger partial charge in [0.2, 0.25) is 0 Å². The molecule has 0 unspecified atom stereocenters. The van der Waals surface area contributed by atoms with Crippen LogP contribution in [0.5, 0.6) is 5.75 Å². The number of piperidine rings is 1. The van der Waals surface area contributed by atoms with E-state index >= 15 is 0 Å². The fourth-order valence-electron chi connectivity index (χ4n) is 2.21. The third-order valence-electron chi connectivity index (χ3n) is 3.46. The molecule has 1 aliphatic heterocycles. The first-order valence-corrected chi connectivity index (χ1v) is 7.46. The maximum absolute atomic E-state index is 12.0. The van der Waals surface area contributed by atoms with Gasteiger partial charge in [-0.15, -0.1) is 12.3 Å². The summed E-state index contributed by atoms with van der Waals surface area (Å²) in [6.45, 7) is 1.37. The van der Waals surface area contributed by atoms with Crippen LogP contribution in [0, 0.1) is 18.3 Å². The first-order valence-electron chi connectivity index (χ1n) is 6.70. The van der Waals surface area contributed by atoms with Crippen molar-refractivity contribution in [3.8, 4) is 18.1 Å². The minimum absolute atomic E-state index is 0.264. The number of likely N-dealkylation sites (tertiary alicyclic amines) is 1. The standard InChI is InChI=1S/C15H16Cl2N2O2/c1-2-3-11-6-8-19(9-7-11)15(20)18-21-12-4-5-13(16)14(17)10-12/h1,4-5,10-11H,3,6-9H2,(H,18,20). The lowest BCUT2D eigenvalue weighted by atomic mass is 9.94. The number of benzene rings is 1. The summed E-state index contributed by atoms with van der Waals surface area (Å²) in [6.07, 6.45) is 7.92. The molecule has 21 heavy (non-hydrogen) atoms. The lowest BCUT2D eigenvalue weighted by Gasteiger charge is -2.30. The topological polar surface area (TPSA) is 41.6 Å². The third kappa shape index (κ3) is 4.45. The minimum Gasteiger partial charge on any atom is -0.378 e. The fraction of sp³-hybridized carbons (Fsp3) is 0.400. The molecule has 0 aromatic heterocycles. The van der Waals surface area contributed by atoms with Crippen LogP contribution in [0.4, 0.5) is 4.79 Å². The lowest BCUT2D eigenvalue weighted by molar-refractivity contribution is 0.127. The zero-order valence-corrected chi connectivity index (χ0v) is 13.0. The molecule has 1 heterocycles. The van der Waals surface area contributed by atoms with E-state index in [0.29, 0.717) is 34.8 Å². The molecule has 1 fully saturated rings. The van der Waals surface area contributed by atoms with E-state index in [4.69, 9.17) is 34.5 Å². The molecule has 1 N–H and O–H groups in total. The summed E-state index contributed by atoms with van der Waals surface area (Å²) in [6, 6.07) is 4.52. The van der Waals surface area contributed by atoms with E-state index in [9.17, 15) is 4.79 Å². The number of hydrogen-bond donors (Lipinski definition) is 1. The second kappa shape index (κ2) is 7.44. The average molecular weight is 327 g/mol. The van der Waals surface area contributed by atoms with Gasteiger partial charge in [-0.3, -0.25) is 0 Å². The monoisotopic (exact) mass is 326 g/mol. The number of terminal acetylenes is 1. The average Bonchev–Trinajstić information content (AvgIpc) is 2.49. The molecule has 1 saturated heterocycles. The zero-order valence-electron chi connectivity index (χ0n) is 11.4. The molecule has 0 bridgehead atoms. The van der Waals surface area contributed by atoms with Gasteiger partial charge in [-0.05, 0) is 30.9 Å². The molecule has 1 aliphatic rings. The zero-order chi connectivity index (χ0) is 15.2. The molecule has 4 nitrogen and oxygen atoms in total. The van der Waals surface area contributed by atoms with Crippen LogP contribution in [-0.4, -0.2) is 24.0 Å². The Bertz CT molecular complexity index is 549. The van der Waals surface area contributed by atoms with Crippen molar-refractivity contribution in [1.82, 2.24) is 10.4 Å². The molecular weight excluding hydrogens is 311 g/mol. The normalized spacial score (nSPS) is 15.4. The number of hydrogen-bond acceptors (Lipinski definition) is 2. The summed E-state index contributed by atoms with van der Waals surface area (Å²) in [5.74, 6) is 3.61. The van der Waals surface area contributed by atoms with Crippen molar-refractivity contribution in [1.29, 1.82) is 0 Å². The Labute approximate surface area is 134 Å². The number of halogens is 2. The molecular formula is C15H16Cl2N2O2. The number of hydroxylamine groups is 1. The molecule has 0 aliphatic carbocycles. The smallest absolute Gasteiger partial charge is 0.350 e. The summed E-state index contributed by atoms with van der Waals surface area (Å²) in [7, 11) is 0. The second-order valence-corrected chi connectivity index (χ2v) is 5.74. The molecule has 112 valence electrons. The highest BCUT2D eigenvalue weighted by Crippen LogP contribution is 2.26. The van der Waals surface area contributed by atoms with Crippen LogP contribution in [-0.2, 0) is 0 Å². The summed E-state index contributed by atoms with van der Waals surface area (Å²) in [5.41, 5.74) is 2.41. The molecule has 1 aromatic rings. The van der Waals surface area contributed by atoms with Gasteiger partial charge < -0.3 is 9.74 Å². The highest BCUT2D eigenvalue weighted by atomic mass is 35.5. The third-order valence-corrected chi connectivity index (χ3v) is 4.19. The maximum Gasteiger partial charge on any atom is 0.350 e. The van der Waals surface area contributed by atoms with E-state index < -0.39 is 0 Å². The van der Waals surface area contributed by atoms with Crippen molar-refractivity contribution in [3.63, 3.8) is 0 Å². The van der Waals surface area contributed by atoms with Gasteiger partial charge in [0.15, 0.2) is 5.75 Å². The van der Waals surface area contributed by atoms with Gasteiger partial charge in [0, 0.05) is 25.6 Å². The van der Waals surface area contributed by atoms with E-state index in [2.05, 4.69) is 11.4 Å². The van der Waals surface area contributed by atoms with Gasteiger partial charge in [0.05, 0.1) is 10.0 Å². The molecule has 6 heteroatoms. The van der Waals surface area contributed by atoms with E-state index in [1.807, 2.05) is 0 Å². The maximum atomic E-state index is 12.0. The number of rotatable bonds is 3. The Morgan fingerprint density at radius 3 is 2.71 bits per heavy atom. The Kier molecular flexibility index (Phi) is 5.60. The lowest BCUT2D eigenvalue weighted by Crippen LogP contribution is -2.45. The van der Waals surface area contributed by atoms with Gasteiger partial charge >= 0.3 is 6.03 Å². The first kappa shape index (κ1) is 15.8. The van der Waals surface area contributed by atoms with Crippen molar-refractivity contribution in [3.05, 3.63) is 28.2 Å². The Balaban J connectivity index is 1.80. The number of nitrogens with one attached hydrogen (secondary N) is 1. The molecule has 2 amide bonds. The van der Waals surface area contributed by atoms with Crippen LogP contribution < -0.4 is 10.3 Å². The van der Waals surface area contributed by atoms with Gasteiger partial charge in [0.1, 0.15) is 0 Å². The van der Waals surface area contributed by atoms with Gasteiger partial charge in [-0.2, -0.15) is 5.48 Å². The van der Waals surface area contributed by atoms with Gasteiger partial charge in [-0.1, -0.05) is 23.2 Å². The Hall–Kier alpha value is -1.57. The van der Waals surface area contributed by atoms with Crippen LogP contribution in [0.15, 0.2) is 18.2 Å². The highest BCUT2D eigenvalue weighted by molar-refractivity contribution is 6.42. The van der Waals surface area contributed by atoms with Crippen molar-refractivity contribution in [2.24, 2.45) is 5.92 Å². The van der Waals surface area contributed by atoms with Crippen LogP contribution >= 0.6 is 23.2 Å². The van der Waals surface area contributed by atoms with Crippen LogP contribution in [0.2, 0.25) is 10.0 Å². The SMILES string of the molecule is C#CCC1CCN(C(=O)NOc2ccc(Cl)c(Cl)c2)CC1. The van der Waals surface area contributed by atoms with E-state index in [1.54, 1.807) is 23.1 Å². The number of urea groups is 1. The fourth-order valence-corrected chi connectivity index (χ4v) is 2.50. The van der Waals surface area contributed by atoms with Crippen molar-refractivity contribution < 1.29 is 9.63 Å². The number of carbonyl (C=O) groups excluding carboxylic acids is 1. The van der Waals surface area contributed by atoms with Crippen molar-refractivity contribution >= 4 is 29.2 Å². The summed E-state index contributed by atoms with van der Waals surface area (Å²) < 4.78 is 0. The second-order valence-electron chi connectivity index (χ2n) is 4.92. The largest absolute Gasteiger partial charge is 0.378 e. The van der Waals surface area contributed by atoms with Crippen molar-refractivity contribution in [2.75, 3.05) is 13.1 Å². The summed E-state index contributed by atoms with van der Waals surface area (Å²) >= 11 is 11.7. The molecule has 1 aromatic carbocycles. The number of nitrogens with zero attached hydrogens (tertiary/aromatic N) is 1. The van der Waals surface area contributed by atoms with Crippen molar-refractivity contribution in [2.45, 2.75) is 19.3 Å². The predicted molar refractivity (Wildman–Crippen MR) is 83.4 cm³/mol. The molecule has 0 spiro atoms. The predicted octanol–water partition coefficient (Wildman–Crippen LogP) is 3.73.